The van der Waals surface area contributed by atoms with Crippen molar-refractivity contribution in [3.8, 4) is 0 Å². The number of anilines is 1. The fourth-order valence-electron chi connectivity index (χ4n) is 2.18. The summed E-state index contributed by atoms with van der Waals surface area (Å²) in [6.07, 6.45) is 4.52. The fourth-order valence-corrected chi connectivity index (χ4v) is 2.18. The van der Waals surface area contributed by atoms with Gasteiger partial charge in [0.15, 0.2) is 5.88 Å². The van der Waals surface area contributed by atoms with Crippen LogP contribution in [0.1, 0.15) is 31.9 Å². The third-order valence-corrected chi connectivity index (χ3v) is 3.37. The maximum absolute atomic E-state index is 5.83. The van der Waals surface area contributed by atoms with E-state index >= 15 is 0 Å². The second kappa shape index (κ2) is 5.39. The molecule has 2 rings (SSSR count). The minimum Gasteiger partial charge on any atom is -0.446 e. The fraction of sp³-hybridized carbons (Fsp3) is 0.692. The molecular formula is C13H22N2O. The first kappa shape index (κ1) is 11.5. The van der Waals surface area contributed by atoms with Gasteiger partial charge in [-0.1, -0.05) is 6.92 Å². The van der Waals surface area contributed by atoms with E-state index in [1.54, 1.807) is 0 Å². The van der Waals surface area contributed by atoms with Gasteiger partial charge in [0.05, 0.1) is 0 Å². The summed E-state index contributed by atoms with van der Waals surface area (Å²) < 4.78 is 5.83. The predicted molar refractivity (Wildman–Crippen MR) is 66.7 cm³/mol. The third-order valence-electron chi connectivity index (χ3n) is 3.37. The SMILES string of the molecule is CC1CCN(c2ccc(CCCN)o2)CC1. The van der Waals surface area contributed by atoms with Crippen molar-refractivity contribution in [2.24, 2.45) is 11.7 Å². The van der Waals surface area contributed by atoms with Gasteiger partial charge in [0, 0.05) is 25.6 Å². The van der Waals surface area contributed by atoms with Crippen LogP contribution >= 0.6 is 0 Å². The Bertz CT molecular complexity index is 313. The predicted octanol–water partition coefficient (Wildman–Crippen LogP) is 2.41. The summed E-state index contributed by atoms with van der Waals surface area (Å²) in [5.41, 5.74) is 5.49. The highest BCUT2D eigenvalue weighted by molar-refractivity contribution is 5.36. The van der Waals surface area contributed by atoms with E-state index in [1.807, 2.05) is 0 Å². The molecular weight excluding hydrogens is 200 g/mol. The van der Waals surface area contributed by atoms with Crippen molar-refractivity contribution >= 4 is 5.88 Å². The number of furan rings is 1. The number of hydrogen-bond donors (Lipinski definition) is 1. The number of aryl methyl sites for hydroxylation is 1. The van der Waals surface area contributed by atoms with Gasteiger partial charge >= 0.3 is 0 Å². The smallest absolute Gasteiger partial charge is 0.195 e. The molecule has 0 atom stereocenters. The third kappa shape index (κ3) is 2.79. The van der Waals surface area contributed by atoms with Crippen molar-refractivity contribution in [2.45, 2.75) is 32.6 Å². The zero-order valence-corrected chi connectivity index (χ0v) is 10.1. The molecule has 1 aliphatic rings. The largest absolute Gasteiger partial charge is 0.446 e. The molecule has 0 spiro atoms. The Morgan fingerprint density at radius 3 is 2.81 bits per heavy atom. The highest BCUT2D eigenvalue weighted by Crippen LogP contribution is 2.25. The van der Waals surface area contributed by atoms with Crippen molar-refractivity contribution in [1.82, 2.24) is 0 Å². The molecule has 0 saturated carbocycles. The topological polar surface area (TPSA) is 42.4 Å². The van der Waals surface area contributed by atoms with Gasteiger partial charge in [0.25, 0.3) is 0 Å². The molecule has 1 fully saturated rings. The van der Waals surface area contributed by atoms with Crippen LogP contribution in [0, 0.1) is 5.92 Å². The highest BCUT2D eigenvalue weighted by atomic mass is 16.4. The van der Waals surface area contributed by atoms with E-state index in [1.165, 1.54) is 12.8 Å². The second-order valence-electron chi connectivity index (χ2n) is 4.80. The number of nitrogens with zero attached hydrogens (tertiary/aromatic N) is 1. The van der Waals surface area contributed by atoms with Crippen LogP contribution < -0.4 is 10.6 Å². The molecule has 1 aromatic rings. The van der Waals surface area contributed by atoms with Gasteiger partial charge in [0.2, 0.25) is 0 Å². The number of rotatable bonds is 4. The summed E-state index contributed by atoms with van der Waals surface area (Å²) in [4.78, 5) is 2.35. The van der Waals surface area contributed by atoms with E-state index in [2.05, 4.69) is 24.0 Å². The van der Waals surface area contributed by atoms with Crippen LogP contribution in [-0.4, -0.2) is 19.6 Å². The van der Waals surface area contributed by atoms with Crippen LogP contribution in [0.15, 0.2) is 16.5 Å². The van der Waals surface area contributed by atoms with Crippen LogP contribution in [0.5, 0.6) is 0 Å². The number of piperidine rings is 1. The van der Waals surface area contributed by atoms with E-state index in [9.17, 15) is 0 Å². The molecule has 90 valence electrons. The maximum Gasteiger partial charge on any atom is 0.195 e. The molecule has 2 heterocycles. The quantitative estimate of drug-likeness (QED) is 0.850. The normalized spacial score (nSPS) is 18.0. The summed E-state index contributed by atoms with van der Waals surface area (Å²) in [6, 6.07) is 4.19. The minimum absolute atomic E-state index is 0.733. The zero-order valence-electron chi connectivity index (χ0n) is 10.1. The van der Waals surface area contributed by atoms with Gasteiger partial charge in [-0.25, -0.2) is 0 Å². The molecule has 3 nitrogen and oxygen atoms in total. The first-order valence-electron chi connectivity index (χ1n) is 6.33. The van der Waals surface area contributed by atoms with Crippen molar-refractivity contribution in [2.75, 3.05) is 24.5 Å². The Labute approximate surface area is 97.6 Å². The molecule has 0 aliphatic carbocycles. The highest BCUT2D eigenvalue weighted by Gasteiger charge is 2.18. The lowest BCUT2D eigenvalue weighted by Gasteiger charge is -2.29. The van der Waals surface area contributed by atoms with Gasteiger partial charge in [-0.3, -0.25) is 0 Å². The number of hydrogen-bond acceptors (Lipinski definition) is 3. The van der Waals surface area contributed by atoms with Gasteiger partial charge in [-0.15, -0.1) is 0 Å². The first-order valence-corrected chi connectivity index (χ1v) is 6.33. The molecule has 0 radical (unpaired) electrons. The van der Waals surface area contributed by atoms with Gasteiger partial charge < -0.3 is 15.1 Å². The average molecular weight is 222 g/mol. The van der Waals surface area contributed by atoms with E-state index in [0.29, 0.717) is 0 Å². The van der Waals surface area contributed by atoms with E-state index < -0.39 is 0 Å². The molecule has 0 aromatic carbocycles. The van der Waals surface area contributed by atoms with Crippen LogP contribution in [0.2, 0.25) is 0 Å². The van der Waals surface area contributed by atoms with Crippen LogP contribution in [-0.2, 0) is 6.42 Å². The Morgan fingerprint density at radius 1 is 1.38 bits per heavy atom. The molecule has 1 aliphatic heterocycles. The summed E-state index contributed by atoms with van der Waals surface area (Å²) in [5.74, 6) is 2.97. The Morgan fingerprint density at radius 2 is 2.12 bits per heavy atom. The molecule has 1 saturated heterocycles. The maximum atomic E-state index is 5.83. The summed E-state index contributed by atoms with van der Waals surface area (Å²) in [6.45, 7) is 5.32. The lowest BCUT2D eigenvalue weighted by atomic mass is 9.99. The lowest BCUT2D eigenvalue weighted by Crippen LogP contribution is -2.32. The first-order chi connectivity index (χ1) is 7.79. The van der Waals surface area contributed by atoms with Crippen LogP contribution in [0.25, 0.3) is 0 Å². The van der Waals surface area contributed by atoms with Crippen molar-refractivity contribution in [3.63, 3.8) is 0 Å². The summed E-state index contributed by atoms with van der Waals surface area (Å²) >= 11 is 0. The molecule has 3 heteroatoms. The Balaban J connectivity index is 1.91. The zero-order chi connectivity index (χ0) is 11.4. The van der Waals surface area contributed by atoms with Gasteiger partial charge in [-0.05, 0) is 37.8 Å². The van der Waals surface area contributed by atoms with Crippen molar-refractivity contribution in [3.05, 3.63) is 17.9 Å². The molecule has 0 amide bonds. The van der Waals surface area contributed by atoms with Gasteiger partial charge in [-0.2, -0.15) is 0 Å². The standard InChI is InChI=1S/C13H22N2O/c1-11-6-9-15(10-7-11)13-5-4-12(16-13)3-2-8-14/h4-5,11H,2-3,6-10,14H2,1H3. The molecule has 16 heavy (non-hydrogen) atoms. The number of nitrogens with two attached hydrogens (primary N) is 1. The molecule has 2 N–H and O–H groups in total. The molecule has 1 aromatic heterocycles. The van der Waals surface area contributed by atoms with Crippen molar-refractivity contribution < 1.29 is 4.42 Å². The van der Waals surface area contributed by atoms with Gasteiger partial charge in [0.1, 0.15) is 5.76 Å². The van der Waals surface area contributed by atoms with E-state index in [-0.39, 0.29) is 0 Å². The Hall–Kier alpha value is -0.960. The summed E-state index contributed by atoms with van der Waals surface area (Å²) in [7, 11) is 0. The Kier molecular flexibility index (Phi) is 3.88. The van der Waals surface area contributed by atoms with Crippen LogP contribution in [0.4, 0.5) is 5.88 Å². The molecule has 0 bridgehead atoms. The van der Waals surface area contributed by atoms with Crippen molar-refractivity contribution in [1.29, 1.82) is 0 Å². The minimum atomic E-state index is 0.733. The van der Waals surface area contributed by atoms with E-state index in [4.69, 9.17) is 10.2 Å². The average Bonchev–Trinajstić information content (AvgIpc) is 2.76. The lowest BCUT2D eigenvalue weighted by molar-refractivity contribution is 0.409. The second-order valence-corrected chi connectivity index (χ2v) is 4.80. The molecule has 0 unspecified atom stereocenters. The monoisotopic (exact) mass is 222 g/mol. The summed E-state index contributed by atoms with van der Waals surface area (Å²) in [5, 5.41) is 0. The van der Waals surface area contributed by atoms with E-state index in [0.717, 1.165) is 50.0 Å². The van der Waals surface area contributed by atoms with Crippen LogP contribution in [0.3, 0.4) is 0 Å².